The van der Waals surface area contributed by atoms with Gasteiger partial charge in [0.25, 0.3) is 10.4 Å². The van der Waals surface area contributed by atoms with E-state index in [1.807, 2.05) is 5.38 Å². The summed E-state index contributed by atoms with van der Waals surface area (Å²) >= 11 is 14.6. The van der Waals surface area contributed by atoms with Crippen LogP contribution in [0.1, 0.15) is 5.69 Å². The van der Waals surface area contributed by atoms with E-state index in [0.29, 0.717) is 11.8 Å². The van der Waals surface area contributed by atoms with Gasteiger partial charge in [0.15, 0.2) is 0 Å². The van der Waals surface area contributed by atoms with Crippen LogP contribution in [-0.2, 0) is 10.5 Å². The molecule has 5 nitrogen and oxygen atoms in total. The molecule has 0 atom stereocenters. The smallest absolute Gasteiger partial charge is 0.273 e. The number of thiol groups is 1. The normalized spacial score (nSPS) is 9.21. The van der Waals surface area contributed by atoms with Crippen LogP contribution in [0, 0.1) is 0 Å². The van der Waals surface area contributed by atoms with Crippen LogP contribution in [0.3, 0.4) is 0 Å². The van der Waals surface area contributed by atoms with Crippen LogP contribution in [0.4, 0.5) is 4.79 Å². The molecule has 0 bridgehead atoms. The first-order valence-corrected chi connectivity index (χ1v) is 8.60. The number of carbonyl (C=O) groups excluding carboxylic acids is 1. The van der Waals surface area contributed by atoms with Gasteiger partial charge in [-0.2, -0.15) is 16.1 Å². The topological polar surface area (TPSA) is 77.2 Å². The van der Waals surface area contributed by atoms with Crippen LogP contribution in [-0.4, -0.2) is 34.2 Å². The third-order valence-corrected chi connectivity index (χ3v) is 4.41. The number of thioether (sulfide) groups is 1. The number of nitrogens with one attached hydrogen (secondary N) is 1. The number of rotatable bonds is 5. The van der Waals surface area contributed by atoms with Gasteiger partial charge >= 0.3 is 0 Å². The first-order valence-electron chi connectivity index (χ1n) is 4.96. The number of primary amides is 1. The zero-order valence-electron chi connectivity index (χ0n) is 10.1. The highest BCUT2D eigenvalue weighted by Gasteiger charge is 2.02. The van der Waals surface area contributed by atoms with Gasteiger partial charge in [-0.25, -0.2) is 0 Å². The molecule has 10 heteroatoms. The maximum atomic E-state index is 9.09. The number of thiocarbonyl (C=S) groups is 1. The van der Waals surface area contributed by atoms with Gasteiger partial charge in [-0.05, 0) is 39.7 Å². The number of amides is 1. The van der Waals surface area contributed by atoms with Crippen LogP contribution in [0.2, 0.25) is 0 Å². The van der Waals surface area contributed by atoms with E-state index < -0.39 is 5.24 Å². The van der Waals surface area contributed by atoms with Crippen LogP contribution in [0.5, 0.6) is 0 Å². The van der Waals surface area contributed by atoms with Crippen LogP contribution in [0.15, 0.2) is 9.85 Å². The molecule has 0 aliphatic rings. The third kappa shape index (κ3) is 11.5. The minimum Gasteiger partial charge on any atom is -0.470 e. The SMILES string of the molecule is CNC(=S)OCCSCc1nscc1Br.NC(=O)S. The van der Waals surface area contributed by atoms with Crippen molar-refractivity contribution in [3.05, 3.63) is 15.5 Å². The lowest BCUT2D eigenvalue weighted by molar-refractivity contribution is 0.267. The van der Waals surface area contributed by atoms with E-state index in [-0.39, 0.29) is 0 Å². The quantitative estimate of drug-likeness (QED) is 0.398. The number of halogens is 1. The summed E-state index contributed by atoms with van der Waals surface area (Å²) in [6, 6.07) is 0. The standard InChI is InChI=1S/C8H11BrN2OS3.CH3NOS/c1-10-8(13)12-2-3-14-5-7-6(9)4-15-11-7;2-1(3)4/h4H,2-3,5H2,1H3,(H,10,13);(H3,2,3,4). The molecule has 0 aromatic carbocycles. The molecule has 19 heavy (non-hydrogen) atoms. The Labute approximate surface area is 139 Å². The Morgan fingerprint density at radius 3 is 2.89 bits per heavy atom. The molecule has 0 aliphatic carbocycles. The molecule has 1 aromatic rings. The van der Waals surface area contributed by atoms with Crippen LogP contribution < -0.4 is 11.1 Å². The fraction of sp³-hybridized carbons (Fsp3) is 0.444. The lowest BCUT2D eigenvalue weighted by atomic mass is 10.5. The van der Waals surface area contributed by atoms with E-state index in [1.165, 1.54) is 11.5 Å². The molecule has 1 amide bonds. The molecule has 0 radical (unpaired) electrons. The lowest BCUT2D eigenvalue weighted by Crippen LogP contribution is -2.19. The molecule has 1 rings (SSSR count). The molecular formula is C9H14BrN3O2S4. The maximum absolute atomic E-state index is 9.09. The van der Waals surface area contributed by atoms with Gasteiger partial charge in [0, 0.05) is 23.9 Å². The minimum absolute atomic E-state index is 0.449. The van der Waals surface area contributed by atoms with Gasteiger partial charge in [0.1, 0.15) is 0 Å². The number of nitrogens with zero attached hydrogens (tertiary/aromatic N) is 1. The fourth-order valence-electron chi connectivity index (χ4n) is 0.777. The summed E-state index contributed by atoms with van der Waals surface area (Å²) < 4.78 is 10.6. The predicted molar refractivity (Wildman–Crippen MR) is 92.2 cm³/mol. The van der Waals surface area contributed by atoms with E-state index in [4.69, 9.17) is 21.7 Å². The molecule has 1 aromatic heterocycles. The van der Waals surface area contributed by atoms with Crippen LogP contribution in [0.25, 0.3) is 0 Å². The summed E-state index contributed by atoms with van der Waals surface area (Å²) in [7, 11) is 1.75. The van der Waals surface area contributed by atoms with Gasteiger partial charge in [-0.15, -0.1) is 0 Å². The summed E-state index contributed by atoms with van der Waals surface area (Å²) in [5.74, 6) is 1.81. The highest BCUT2D eigenvalue weighted by Crippen LogP contribution is 2.22. The first-order chi connectivity index (χ1) is 8.97. The molecule has 0 saturated carbocycles. The Morgan fingerprint density at radius 1 is 1.79 bits per heavy atom. The van der Waals surface area contributed by atoms with Gasteiger partial charge in [0.2, 0.25) is 0 Å². The van der Waals surface area contributed by atoms with Crippen molar-refractivity contribution in [2.75, 3.05) is 19.4 Å². The van der Waals surface area contributed by atoms with Gasteiger partial charge in [0.05, 0.1) is 16.8 Å². The van der Waals surface area contributed by atoms with Crippen molar-refractivity contribution < 1.29 is 9.53 Å². The summed E-state index contributed by atoms with van der Waals surface area (Å²) in [6.07, 6.45) is 0. The lowest BCUT2D eigenvalue weighted by Gasteiger charge is -2.05. The van der Waals surface area contributed by atoms with E-state index in [1.54, 1.807) is 18.8 Å². The highest BCUT2D eigenvalue weighted by molar-refractivity contribution is 9.10. The fourth-order valence-corrected chi connectivity index (χ4v) is 3.06. The van der Waals surface area contributed by atoms with Gasteiger partial charge < -0.3 is 15.8 Å². The van der Waals surface area contributed by atoms with Crippen LogP contribution >= 0.6 is 64.1 Å². The Kier molecular flexibility index (Phi) is 11.7. The minimum atomic E-state index is -0.639. The summed E-state index contributed by atoms with van der Waals surface area (Å²) in [5, 5.41) is 4.56. The third-order valence-electron chi connectivity index (χ3n) is 1.50. The van der Waals surface area contributed by atoms with Gasteiger partial charge in [-0.3, -0.25) is 4.79 Å². The molecular weight excluding hydrogens is 390 g/mol. The molecule has 0 aliphatic heterocycles. The Bertz CT molecular complexity index is 399. The van der Waals surface area contributed by atoms with E-state index in [2.05, 4.69) is 44.0 Å². The van der Waals surface area contributed by atoms with Crippen molar-refractivity contribution in [2.24, 2.45) is 5.73 Å². The average molecular weight is 404 g/mol. The zero-order chi connectivity index (χ0) is 14.7. The number of aromatic nitrogens is 1. The van der Waals surface area contributed by atoms with Crippen molar-refractivity contribution in [3.63, 3.8) is 0 Å². The predicted octanol–water partition coefficient (Wildman–Crippen LogP) is 2.65. The monoisotopic (exact) mass is 403 g/mol. The largest absolute Gasteiger partial charge is 0.470 e. The second-order valence-corrected chi connectivity index (χ2v) is 6.29. The molecule has 0 unspecified atom stereocenters. The van der Waals surface area contributed by atoms with Crippen molar-refractivity contribution in [3.8, 4) is 0 Å². The molecule has 3 N–H and O–H groups in total. The van der Waals surface area contributed by atoms with E-state index in [0.717, 1.165) is 21.7 Å². The average Bonchev–Trinajstić information content (AvgIpc) is 2.73. The van der Waals surface area contributed by atoms with E-state index in [9.17, 15) is 0 Å². The van der Waals surface area contributed by atoms with Crippen molar-refractivity contribution >= 4 is 74.5 Å². The van der Waals surface area contributed by atoms with Crippen molar-refractivity contribution in [1.29, 1.82) is 0 Å². The molecule has 0 spiro atoms. The molecule has 108 valence electrons. The zero-order valence-corrected chi connectivity index (χ0v) is 15.0. The highest BCUT2D eigenvalue weighted by atomic mass is 79.9. The number of nitrogens with two attached hydrogens (primary N) is 1. The Hall–Kier alpha value is -0.0300. The summed E-state index contributed by atoms with van der Waals surface area (Å²) in [5.41, 5.74) is 5.43. The second-order valence-electron chi connectivity index (χ2n) is 2.89. The van der Waals surface area contributed by atoms with Crippen molar-refractivity contribution in [1.82, 2.24) is 9.69 Å². The Morgan fingerprint density at radius 2 is 2.42 bits per heavy atom. The number of hydrogen-bond acceptors (Lipinski definition) is 6. The summed E-state index contributed by atoms with van der Waals surface area (Å²) in [4.78, 5) is 9.09. The van der Waals surface area contributed by atoms with Gasteiger partial charge in [-0.1, -0.05) is 12.6 Å². The van der Waals surface area contributed by atoms with E-state index >= 15 is 0 Å². The molecule has 0 saturated heterocycles. The number of ether oxygens (including phenoxy) is 1. The summed E-state index contributed by atoms with van der Waals surface area (Å²) in [6.45, 7) is 0.631. The Balaban J connectivity index is 0.000000711. The number of hydrogen-bond donors (Lipinski definition) is 3. The molecule has 1 heterocycles. The second kappa shape index (κ2) is 11.8. The first kappa shape index (κ1) is 19.0. The number of carbonyl (C=O) groups is 1. The molecule has 0 fully saturated rings. The maximum Gasteiger partial charge on any atom is 0.273 e. The van der Waals surface area contributed by atoms with Crippen molar-refractivity contribution in [2.45, 2.75) is 5.75 Å².